The van der Waals surface area contributed by atoms with Gasteiger partial charge in [-0.2, -0.15) is 13.2 Å². The van der Waals surface area contributed by atoms with E-state index >= 15 is 0 Å². The van der Waals surface area contributed by atoms with Crippen molar-refractivity contribution in [2.75, 3.05) is 43.8 Å². The first-order valence-electron chi connectivity index (χ1n) is 9.49. The normalized spacial score (nSPS) is 19.1. The predicted octanol–water partition coefficient (Wildman–Crippen LogP) is 2.38. The van der Waals surface area contributed by atoms with Crippen molar-refractivity contribution in [2.45, 2.75) is 38.1 Å². The number of nitrogens with one attached hydrogen (secondary N) is 2. The molecule has 1 aliphatic rings. The zero-order valence-electron chi connectivity index (χ0n) is 16.9. The molecule has 1 aliphatic heterocycles. The van der Waals surface area contributed by atoms with E-state index in [9.17, 15) is 21.6 Å². The number of anilines is 1. The molecule has 2 N–H and O–H groups in total. The van der Waals surface area contributed by atoms with Gasteiger partial charge in [-0.05, 0) is 39.3 Å². The standard InChI is InChI=1S/C18H28F3N5O2S/c1-4-22-16(26-10-11-29(27,28)17(2,3)13-26)24-9-5-8-23-15-7-6-14(12-25-15)18(19,20)21/h6-7,12H,4-5,8-11,13H2,1-3H3,(H,22,24)(H,23,25). The number of halogens is 3. The molecule has 0 saturated carbocycles. The summed E-state index contributed by atoms with van der Waals surface area (Å²) >= 11 is 0. The molecule has 1 aromatic heterocycles. The Balaban J connectivity index is 1.87. The second-order valence-corrected chi connectivity index (χ2v) is 10.2. The molecule has 0 spiro atoms. The summed E-state index contributed by atoms with van der Waals surface area (Å²) in [5.41, 5.74) is -0.783. The molecule has 0 amide bonds. The average molecular weight is 436 g/mol. The third-order valence-corrected chi connectivity index (χ3v) is 7.20. The van der Waals surface area contributed by atoms with Gasteiger partial charge in [0, 0.05) is 38.9 Å². The summed E-state index contributed by atoms with van der Waals surface area (Å²) in [6.45, 7) is 7.80. The van der Waals surface area contributed by atoms with Crippen LogP contribution in [0.3, 0.4) is 0 Å². The number of aromatic nitrogens is 1. The first-order valence-corrected chi connectivity index (χ1v) is 11.1. The van der Waals surface area contributed by atoms with Crippen LogP contribution in [0.15, 0.2) is 23.3 Å². The van der Waals surface area contributed by atoms with Gasteiger partial charge in [-0.25, -0.2) is 13.4 Å². The van der Waals surface area contributed by atoms with Crippen molar-refractivity contribution in [3.05, 3.63) is 23.9 Å². The first kappa shape index (κ1) is 23.2. The topological polar surface area (TPSA) is 86.7 Å². The molecule has 2 heterocycles. The van der Waals surface area contributed by atoms with Crippen LogP contribution in [0.4, 0.5) is 19.0 Å². The number of rotatable bonds is 6. The van der Waals surface area contributed by atoms with Crippen molar-refractivity contribution in [1.29, 1.82) is 0 Å². The SMILES string of the molecule is CCNC(=NCCCNc1ccc(C(F)(F)F)cn1)N1CCS(=O)(=O)C(C)(C)C1. The fraction of sp³-hybridized carbons (Fsp3) is 0.667. The van der Waals surface area contributed by atoms with E-state index in [1.165, 1.54) is 6.07 Å². The maximum Gasteiger partial charge on any atom is 0.417 e. The van der Waals surface area contributed by atoms with Crippen LogP contribution < -0.4 is 10.6 Å². The van der Waals surface area contributed by atoms with Crippen LogP contribution in [0.5, 0.6) is 0 Å². The van der Waals surface area contributed by atoms with Gasteiger partial charge in [0.2, 0.25) is 0 Å². The quantitative estimate of drug-likeness (QED) is 0.405. The van der Waals surface area contributed by atoms with E-state index < -0.39 is 26.3 Å². The Kier molecular flexibility index (Phi) is 7.36. The number of guanidine groups is 1. The Morgan fingerprint density at radius 3 is 2.62 bits per heavy atom. The molecule has 0 unspecified atom stereocenters. The monoisotopic (exact) mass is 435 g/mol. The van der Waals surface area contributed by atoms with E-state index in [4.69, 9.17) is 0 Å². The summed E-state index contributed by atoms with van der Waals surface area (Å²) in [6.07, 6.45) is -2.95. The van der Waals surface area contributed by atoms with Gasteiger partial charge < -0.3 is 15.5 Å². The van der Waals surface area contributed by atoms with E-state index in [1.54, 1.807) is 13.8 Å². The number of hydrogen-bond acceptors (Lipinski definition) is 5. The zero-order chi connectivity index (χ0) is 21.7. The number of pyridine rings is 1. The van der Waals surface area contributed by atoms with Gasteiger partial charge in [0.1, 0.15) is 5.82 Å². The molecule has 0 atom stereocenters. The van der Waals surface area contributed by atoms with Crippen molar-refractivity contribution in [2.24, 2.45) is 4.99 Å². The minimum Gasteiger partial charge on any atom is -0.370 e. The van der Waals surface area contributed by atoms with Gasteiger partial charge in [-0.15, -0.1) is 0 Å². The summed E-state index contributed by atoms with van der Waals surface area (Å²) in [7, 11) is -3.13. The summed E-state index contributed by atoms with van der Waals surface area (Å²) in [5, 5.41) is 6.16. The van der Waals surface area contributed by atoms with Gasteiger partial charge in [-0.1, -0.05) is 0 Å². The number of aliphatic imine (C=N–C) groups is 1. The Bertz CT molecular complexity index is 808. The lowest BCUT2D eigenvalue weighted by Gasteiger charge is -2.39. The van der Waals surface area contributed by atoms with Gasteiger partial charge >= 0.3 is 6.18 Å². The van der Waals surface area contributed by atoms with E-state index in [-0.39, 0.29) is 5.75 Å². The molecule has 0 aliphatic carbocycles. The Hall–Kier alpha value is -2.04. The Morgan fingerprint density at radius 2 is 2.07 bits per heavy atom. The lowest BCUT2D eigenvalue weighted by atomic mass is 10.2. The van der Waals surface area contributed by atoms with Crippen molar-refractivity contribution in [1.82, 2.24) is 15.2 Å². The van der Waals surface area contributed by atoms with Crippen LogP contribution in [-0.2, 0) is 16.0 Å². The smallest absolute Gasteiger partial charge is 0.370 e. The first-order chi connectivity index (χ1) is 13.5. The fourth-order valence-electron chi connectivity index (χ4n) is 2.90. The van der Waals surface area contributed by atoms with Crippen LogP contribution in [0, 0.1) is 0 Å². The van der Waals surface area contributed by atoms with Crippen LogP contribution >= 0.6 is 0 Å². The number of nitrogens with zero attached hydrogens (tertiary/aromatic N) is 3. The van der Waals surface area contributed by atoms with E-state index in [2.05, 4.69) is 20.6 Å². The molecular weight excluding hydrogens is 407 g/mol. The second kappa shape index (κ2) is 9.19. The lowest BCUT2D eigenvalue weighted by molar-refractivity contribution is -0.137. The molecule has 0 bridgehead atoms. The largest absolute Gasteiger partial charge is 0.417 e. The highest BCUT2D eigenvalue weighted by Crippen LogP contribution is 2.28. The average Bonchev–Trinajstić information content (AvgIpc) is 2.62. The highest BCUT2D eigenvalue weighted by molar-refractivity contribution is 7.92. The molecule has 1 aromatic rings. The van der Waals surface area contributed by atoms with Gasteiger partial charge in [-0.3, -0.25) is 4.99 Å². The molecule has 0 aromatic carbocycles. The van der Waals surface area contributed by atoms with Crippen LogP contribution in [0.1, 0.15) is 32.8 Å². The van der Waals surface area contributed by atoms with Crippen LogP contribution in [0.25, 0.3) is 0 Å². The van der Waals surface area contributed by atoms with E-state index in [0.29, 0.717) is 50.9 Å². The maximum atomic E-state index is 12.5. The molecule has 29 heavy (non-hydrogen) atoms. The van der Waals surface area contributed by atoms with Gasteiger partial charge in [0.15, 0.2) is 15.8 Å². The zero-order valence-corrected chi connectivity index (χ0v) is 17.7. The van der Waals surface area contributed by atoms with E-state index in [0.717, 1.165) is 12.3 Å². The molecule has 164 valence electrons. The molecule has 11 heteroatoms. The number of sulfone groups is 1. The van der Waals surface area contributed by atoms with Gasteiger partial charge in [0.05, 0.1) is 16.1 Å². The number of alkyl halides is 3. The van der Waals surface area contributed by atoms with Crippen molar-refractivity contribution < 1.29 is 21.6 Å². The number of hydrogen-bond donors (Lipinski definition) is 2. The van der Waals surface area contributed by atoms with Crippen LogP contribution in [0.2, 0.25) is 0 Å². The lowest BCUT2D eigenvalue weighted by Crippen LogP contribution is -2.57. The highest BCUT2D eigenvalue weighted by atomic mass is 32.2. The molecule has 7 nitrogen and oxygen atoms in total. The molecule has 0 radical (unpaired) electrons. The second-order valence-electron chi connectivity index (χ2n) is 7.45. The molecular formula is C18H28F3N5O2S. The molecule has 1 fully saturated rings. The van der Waals surface area contributed by atoms with Crippen molar-refractivity contribution in [3.63, 3.8) is 0 Å². The Labute approximate surface area is 169 Å². The maximum absolute atomic E-state index is 12.5. The summed E-state index contributed by atoms with van der Waals surface area (Å²) < 4.78 is 61.1. The summed E-state index contributed by atoms with van der Waals surface area (Å²) in [4.78, 5) is 10.3. The minimum absolute atomic E-state index is 0.0888. The minimum atomic E-state index is -4.40. The van der Waals surface area contributed by atoms with E-state index in [1.807, 2.05) is 11.8 Å². The third-order valence-electron chi connectivity index (χ3n) is 4.67. The molecule has 2 rings (SSSR count). The fourth-order valence-corrected chi connectivity index (χ4v) is 4.26. The van der Waals surface area contributed by atoms with Gasteiger partial charge in [0.25, 0.3) is 0 Å². The van der Waals surface area contributed by atoms with Crippen LogP contribution in [-0.4, -0.2) is 67.5 Å². The summed E-state index contributed by atoms with van der Waals surface area (Å²) in [5.74, 6) is 1.13. The predicted molar refractivity (Wildman–Crippen MR) is 108 cm³/mol. The molecule has 1 saturated heterocycles. The third kappa shape index (κ3) is 6.22. The van der Waals surface area contributed by atoms with Crippen molar-refractivity contribution in [3.8, 4) is 0 Å². The Morgan fingerprint density at radius 1 is 1.34 bits per heavy atom. The highest BCUT2D eigenvalue weighted by Gasteiger charge is 2.40. The summed E-state index contributed by atoms with van der Waals surface area (Å²) in [6, 6.07) is 2.29. The van der Waals surface area contributed by atoms with Crippen molar-refractivity contribution >= 4 is 21.6 Å².